The average Bonchev–Trinajstić information content (AvgIpc) is 3.16. The number of Topliss-reactive ketones (excluding diaryl/α,β-unsaturated/α-hetero) is 1. The minimum atomic E-state index is -0.337. The van der Waals surface area contributed by atoms with Crippen molar-refractivity contribution in [2.75, 3.05) is 32.9 Å². The molecule has 2 aliphatic heterocycles. The van der Waals surface area contributed by atoms with E-state index in [1.165, 1.54) is 5.56 Å². The highest BCUT2D eigenvalue weighted by molar-refractivity contribution is 7.10. The Morgan fingerprint density at radius 2 is 2.14 bits per heavy atom. The van der Waals surface area contributed by atoms with E-state index in [4.69, 9.17) is 9.47 Å². The summed E-state index contributed by atoms with van der Waals surface area (Å²) in [4.78, 5) is 29.1. The molecule has 0 aromatic carbocycles. The molecular weight excluding hydrogens is 388 g/mol. The number of carbonyl (C=O) groups is 2. The van der Waals surface area contributed by atoms with Crippen molar-refractivity contribution in [2.24, 2.45) is 0 Å². The normalized spacial score (nSPS) is 23.1. The van der Waals surface area contributed by atoms with E-state index >= 15 is 0 Å². The number of allylic oxidation sites excluding steroid dienone is 3. The highest BCUT2D eigenvalue weighted by Gasteiger charge is 2.39. The van der Waals surface area contributed by atoms with Crippen LogP contribution < -0.4 is 5.32 Å². The summed E-state index contributed by atoms with van der Waals surface area (Å²) in [6.45, 7) is 8.29. The van der Waals surface area contributed by atoms with Gasteiger partial charge in [0, 0.05) is 47.9 Å². The largest absolute Gasteiger partial charge is 0.463 e. The van der Waals surface area contributed by atoms with Crippen LogP contribution in [0, 0.1) is 0 Å². The van der Waals surface area contributed by atoms with Gasteiger partial charge in [-0.05, 0) is 43.7 Å². The number of hydrogen-bond acceptors (Lipinski definition) is 7. The lowest BCUT2D eigenvalue weighted by atomic mass is 9.78. The topological polar surface area (TPSA) is 67.9 Å². The summed E-state index contributed by atoms with van der Waals surface area (Å²) in [6.07, 6.45) is 2.24. The lowest BCUT2D eigenvalue weighted by Gasteiger charge is -2.33. The fraction of sp³-hybridized carbons (Fsp3) is 0.545. The monoisotopic (exact) mass is 416 g/mol. The molecule has 3 aliphatic rings. The van der Waals surface area contributed by atoms with Crippen molar-refractivity contribution >= 4 is 23.1 Å². The van der Waals surface area contributed by atoms with E-state index < -0.39 is 0 Å². The fourth-order valence-corrected chi connectivity index (χ4v) is 5.41. The minimum absolute atomic E-state index is 0.140. The molecule has 1 saturated heterocycles. The summed E-state index contributed by atoms with van der Waals surface area (Å²) in [7, 11) is 0. The summed E-state index contributed by atoms with van der Waals surface area (Å²) in [5.41, 5.74) is 4.31. The number of esters is 1. The number of hydrogen-bond donors (Lipinski definition) is 1. The first kappa shape index (κ1) is 20.3. The van der Waals surface area contributed by atoms with Gasteiger partial charge in [-0.25, -0.2) is 4.79 Å². The molecule has 1 aromatic rings. The molecule has 0 bridgehead atoms. The third-order valence-electron chi connectivity index (χ3n) is 5.74. The fourth-order valence-electron chi connectivity index (χ4n) is 4.39. The molecule has 1 aliphatic carbocycles. The Morgan fingerprint density at radius 1 is 1.34 bits per heavy atom. The van der Waals surface area contributed by atoms with E-state index in [-0.39, 0.29) is 17.7 Å². The van der Waals surface area contributed by atoms with Crippen LogP contribution in [-0.2, 0) is 25.6 Å². The number of nitrogens with zero attached hydrogens (tertiary/aromatic N) is 1. The van der Waals surface area contributed by atoms with E-state index in [1.54, 1.807) is 18.3 Å². The average molecular weight is 417 g/mol. The first-order valence-electron chi connectivity index (χ1n) is 10.4. The van der Waals surface area contributed by atoms with Gasteiger partial charge >= 0.3 is 5.97 Å². The number of carbonyl (C=O) groups excluding carboxylic acids is 2. The van der Waals surface area contributed by atoms with Gasteiger partial charge < -0.3 is 14.8 Å². The number of ketones is 1. The van der Waals surface area contributed by atoms with Crippen molar-refractivity contribution < 1.29 is 19.1 Å². The SMILES string of the molecule is CCOC(=O)C1=C(C)NC2=C(C(=O)CCC2)[C@H]1c1cc(CN2CCOCC2)cs1. The lowest BCUT2D eigenvalue weighted by molar-refractivity contribution is -0.138. The van der Waals surface area contributed by atoms with Gasteiger partial charge in [0.25, 0.3) is 0 Å². The van der Waals surface area contributed by atoms with Crippen LogP contribution in [0.5, 0.6) is 0 Å². The number of thiophene rings is 1. The van der Waals surface area contributed by atoms with Crippen LogP contribution in [0.15, 0.2) is 34.0 Å². The number of rotatable bonds is 5. The molecule has 0 radical (unpaired) electrons. The molecule has 3 heterocycles. The molecule has 0 unspecified atom stereocenters. The van der Waals surface area contributed by atoms with Crippen LogP contribution in [0.3, 0.4) is 0 Å². The maximum Gasteiger partial charge on any atom is 0.336 e. The van der Waals surface area contributed by atoms with Crippen LogP contribution in [0.2, 0.25) is 0 Å². The minimum Gasteiger partial charge on any atom is -0.463 e. The molecule has 4 rings (SSSR count). The van der Waals surface area contributed by atoms with Gasteiger partial charge in [0.2, 0.25) is 0 Å². The molecule has 1 N–H and O–H groups in total. The molecule has 0 saturated carbocycles. The number of dihydropyridines is 1. The van der Waals surface area contributed by atoms with Gasteiger partial charge in [0.05, 0.1) is 31.3 Å². The van der Waals surface area contributed by atoms with Crippen molar-refractivity contribution in [3.05, 3.63) is 44.4 Å². The Kier molecular flexibility index (Phi) is 6.18. The third-order valence-corrected chi connectivity index (χ3v) is 6.79. The van der Waals surface area contributed by atoms with Gasteiger partial charge in [-0.2, -0.15) is 0 Å². The molecule has 7 heteroatoms. The second-order valence-electron chi connectivity index (χ2n) is 7.73. The zero-order chi connectivity index (χ0) is 20.4. The van der Waals surface area contributed by atoms with Crippen molar-refractivity contribution in [3.8, 4) is 0 Å². The second kappa shape index (κ2) is 8.81. The summed E-state index contributed by atoms with van der Waals surface area (Å²) in [5, 5.41) is 5.48. The molecule has 0 spiro atoms. The highest BCUT2D eigenvalue weighted by atomic mass is 32.1. The molecule has 6 nitrogen and oxygen atoms in total. The predicted octanol–water partition coefficient (Wildman–Crippen LogP) is 3.11. The van der Waals surface area contributed by atoms with Gasteiger partial charge in [-0.15, -0.1) is 11.3 Å². The van der Waals surface area contributed by atoms with Gasteiger partial charge in [0.15, 0.2) is 5.78 Å². The van der Waals surface area contributed by atoms with E-state index in [0.717, 1.165) is 67.5 Å². The van der Waals surface area contributed by atoms with E-state index in [9.17, 15) is 9.59 Å². The molecule has 1 fully saturated rings. The van der Waals surface area contributed by atoms with Gasteiger partial charge in [0.1, 0.15) is 0 Å². The summed E-state index contributed by atoms with van der Waals surface area (Å²) in [5.74, 6) is -0.529. The van der Waals surface area contributed by atoms with Crippen LogP contribution in [0.4, 0.5) is 0 Å². The Bertz CT molecular complexity index is 864. The van der Waals surface area contributed by atoms with Gasteiger partial charge in [-0.1, -0.05) is 0 Å². The van der Waals surface area contributed by atoms with Crippen LogP contribution in [0.1, 0.15) is 49.5 Å². The first-order chi connectivity index (χ1) is 14.1. The van der Waals surface area contributed by atoms with Crippen molar-refractivity contribution in [2.45, 2.75) is 45.6 Å². The quantitative estimate of drug-likeness (QED) is 0.744. The van der Waals surface area contributed by atoms with Crippen molar-refractivity contribution in [1.29, 1.82) is 0 Å². The summed E-state index contributed by atoms with van der Waals surface area (Å²) < 4.78 is 10.8. The zero-order valence-electron chi connectivity index (χ0n) is 17.1. The number of nitrogens with one attached hydrogen (secondary N) is 1. The number of ether oxygens (including phenoxy) is 2. The molecule has 0 amide bonds. The van der Waals surface area contributed by atoms with E-state index in [0.29, 0.717) is 18.6 Å². The number of morpholine rings is 1. The highest BCUT2D eigenvalue weighted by Crippen LogP contribution is 2.44. The molecular formula is C22H28N2O4S. The Labute approximate surface area is 175 Å². The van der Waals surface area contributed by atoms with E-state index in [2.05, 4.69) is 21.7 Å². The molecule has 1 atom stereocenters. The Morgan fingerprint density at radius 3 is 2.90 bits per heavy atom. The first-order valence-corrected chi connectivity index (χ1v) is 11.2. The Hall–Kier alpha value is -1.96. The van der Waals surface area contributed by atoms with Crippen LogP contribution in [0.25, 0.3) is 0 Å². The molecule has 156 valence electrons. The maximum atomic E-state index is 12.9. The second-order valence-corrected chi connectivity index (χ2v) is 8.67. The molecule has 1 aromatic heterocycles. The third kappa shape index (κ3) is 4.17. The van der Waals surface area contributed by atoms with Crippen LogP contribution >= 0.6 is 11.3 Å². The zero-order valence-corrected chi connectivity index (χ0v) is 17.9. The molecule has 29 heavy (non-hydrogen) atoms. The lowest BCUT2D eigenvalue weighted by Crippen LogP contribution is -2.35. The summed E-state index contributed by atoms with van der Waals surface area (Å²) >= 11 is 1.63. The van der Waals surface area contributed by atoms with Crippen molar-refractivity contribution in [1.82, 2.24) is 10.2 Å². The van der Waals surface area contributed by atoms with E-state index in [1.807, 2.05) is 6.92 Å². The van der Waals surface area contributed by atoms with Gasteiger partial charge in [-0.3, -0.25) is 9.69 Å². The predicted molar refractivity (Wildman–Crippen MR) is 112 cm³/mol. The Balaban J connectivity index is 1.68. The summed E-state index contributed by atoms with van der Waals surface area (Å²) in [6, 6.07) is 2.16. The smallest absolute Gasteiger partial charge is 0.336 e. The van der Waals surface area contributed by atoms with Crippen LogP contribution in [-0.4, -0.2) is 49.6 Å². The standard InChI is InChI=1S/C22H28N2O4S/c1-3-28-22(26)19-14(2)23-16-5-4-6-17(25)20(16)21(19)18-11-15(13-29-18)12-24-7-9-27-10-8-24/h11,13,21,23H,3-10,12H2,1-2H3/t21-/m0/s1. The maximum absolute atomic E-state index is 12.9. The van der Waals surface area contributed by atoms with Crippen molar-refractivity contribution in [3.63, 3.8) is 0 Å².